The van der Waals surface area contributed by atoms with Gasteiger partial charge in [0.05, 0.1) is 5.69 Å². The first-order valence-corrected chi connectivity index (χ1v) is 6.59. The number of nitrogens with zero attached hydrogens (tertiary/aromatic N) is 1. The number of oxazole rings is 1. The predicted molar refractivity (Wildman–Crippen MR) is 68.0 cm³/mol. The van der Waals surface area contributed by atoms with Crippen molar-refractivity contribution >= 4 is 0 Å². The van der Waals surface area contributed by atoms with Gasteiger partial charge in [0.1, 0.15) is 6.26 Å². The number of rotatable bonds is 5. The Bertz CT molecular complexity index is 331. The largest absolute Gasteiger partial charge is 0.449 e. The van der Waals surface area contributed by atoms with Gasteiger partial charge in [0.15, 0.2) is 5.89 Å². The summed E-state index contributed by atoms with van der Waals surface area (Å²) in [4.78, 5) is 4.57. The van der Waals surface area contributed by atoms with Crippen LogP contribution in [0, 0.1) is 5.92 Å². The Balaban J connectivity index is 1.84. The Morgan fingerprint density at radius 1 is 1.53 bits per heavy atom. The molecule has 2 heterocycles. The minimum absolute atomic E-state index is 0.451. The van der Waals surface area contributed by atoms with Crippen LogP contribution in [0.3, 0.4) is 0 Å². The fourth-order valence-corrected chi connectivity index (χ4v) is 2.28. The lowest BCUT2D eigenvalue weighted by Gasteiger charge is -2.20. The van der Waals surface area contributed by atoms with Crippen LogP contribution in [0.5, 0.6) is 0 Å². The van der Waals surface area contributed by atoms with Crippen molar-refractivity contribution in [3.05, 3.63) is 17.8 Å². The SMILES string of the molecule is CNC(C)Cc1coc(CC2CCNCC2)n1. The Labute approximate surface area is 103 Å². The standard InChI is InChI=1S/C13H23N3O/c1-10(14-2)7-12-9-17-13(16-12)8-11-3-5-15-6-4-11/h9-11,14-15H,3-8H2,1-2H3. The molecule has 0 radical (unpaired) electrons. The first-order valence-electron chi connectivity index (χ1n) is 6.59. The van der Waals surface area contributed by atoms with Gasteiger partial charge in [0.2, 0.25) is 0 Å². The second kappa shape index (κ2) is 6.17. The molecule has 1 saturated heterocycles. The third-order valence-electron chi connectivity index (χ3n) is 3.53. The number of aromatic nitrogens is 1. The van der Waals surface area contributed by atoms with Gasteiger partial charge in [-0.15, -0.1) is 0 Å². The highest BCUT2D eigenvalue weighted by Gasteiger charge is 2.16. The zero-order valence-corrected chi connectivity index (χ0v) is 10.8. The number of hydrogen-bond acceptors (Lipinski definition) is 4. The van der Waals surface area contributed by atoms with Crippen LogP contribution in [0.15, 0.2) is 10.7 Å². The molecule has 4 heteroatoms. The average molecular weight is 237 g/mol. The lowest BCUT2D eigenvalue weighted by molar-refractivity contribution is 0.341. The first kappa shape index (κ1) is 12.6. The summed E-state index contributed by atoms with van der Waals surface area (Å²) in [5, 5.41) is 6.59. The Morgan fingerprint density at radius 2 is 2.29 bits per heavy atom. The van der Waals surface area contributed by atoms with Crippen molar-refractivity contribution < 1.29 is 4.42 Å². The molecule has 1 aromatic heterocycles. The van der Waals surface area contributed by atoms with E-state index in [1.54, 1.807) is 0 Å². The summed E-state index contributed by atoms with van der Waals surface area (Å²) >= 11 is 0. The maximum absolute atomic E-state index is 5.55. The van der Waals surface area contributed by atoms with Crippen LogP contribution in [-0.4, -0.2) is 31.2 Å². The minimum atomic E-state index is 0.451. The molecule has 4 nitrogen and oxygen atoms in total. The summed E-state index contributed by atoms with van der Waals surface area (Å²) in [5.74, 6) is 1.65. The molecule has 96 valence electrons. The Hall–Kier alpha value is -0.870. The van der Waals surface area contributed by atoms with Crippen molar-refractivity contribution in [2.24, 2.45) is 5.92 Å². The molecule has 1 aromatic rings. The smallest absolute Gasteiger partial charge is 0.194 e. The van der Waals surface area contributed by atoms with E-state index in [-0.39, 0.29) is 0 Å². The van der Waals surface area contributed by atoms with Crippen molar-refractivity contribution in [3.63, 3.8) is 0 Å². The fourth-order valence-electron chi connectivity index (χ4n) is 2.28. The molecular formula is C13H23N3O. The number of likely N-dealkylation sites (N-methyl/N-ethyl adjacent to an activating group) is 1. The highest BCUT2D eigenvalue weighted by molar-refractivity contribution is 4.99. The van der Waals surface area contributed by atoms with Gasteiger partial charge in [-0.25, -0.2) is 4.98 Å². The van der Waals surface area contributed by atoms with Crippen LogP contribution >= 0.6 is 0 Å². The van der Waals surface area contributed by atoms with Gasteiger partial charge in [-0.1, -0.05) is 0 Å². The molecule has 0 bridgehead atoms. The van der Waals surface area contributed by atoms with E-state index < -0.39 is 0 Å². The molecule has 1 aliphatic rings. The van der Waals surface area contributed by atoms with Gasteiger partial charge >= 0.3 is 0 Å². The lowest BCUT2D eigenvalue weighted by atomic mass is 9.95. The van der Waals surface area contributed by atoms with E-state index in [0.29, 0.717) is 6.04 Å². The molecule has 2 rings (SSSR count). The van der Waals surface area contributed by atoms with Crippen LogP contribution in [-0.2, 0) is 12.8 Å². The topological polar surface area (TPSA) is 50.1 Å². The van der Waals surface area contributed by atoms with Gasteiger partial charge in [0.25, 0.3) is 0 Å². The molecule has 0 spiro atoms. The fraction of sp³-hybridized carbons (Fsp3) is 0.769. The Morgan fingerprint density at radius 3 is 3.00 bits per heavy atom. The van der Waals surface area contributed by atoms with Gasteiger partial charge in [-0.05, 0) is 45.8 Å². The maximum atomic E-state index is 5.55. The molecular weight excluding hydrogens is 214 g/mol. The van der Waals surface area contributed by atoms with Crippen molar-refractivity contribution in [1.29, 1.82) is 0 Å². The van der Waals surface area contributed by atoms with Crippen LogP contribution < -0.4 is 10.6 Å². The minimum Gasteiger partial charge on any atom is -0.449 e. The number of nitrogens with one attached hydrogen (secondary N) is 2. The molecule has 1 unspecified atom stereocenters. The molecule has 1 fully saturated rings. The van der Waals surface area contributed by atoms with E-state index >= 15 is 0 Å². The molecule has 0 saturated carbocycles. The van der Waals surface area contributed by atoms with Crippen LogP contribution in [0.4, 0.5) is 0 Å². The van der Waals surface area contributed by atoms with E-state index in [0.717, 1.165) is 43.4 Å². The summed E-state index contributed by atoms with van der Waals surface area (Å²) < 4.78 is 5.55. The van der Waals surface area contributed by atoms with E-state index in [2.05, 4.69) is 22.5 Å². The van der Waals surface area contributed by atoms with Crippen molar-refractivity contribution in [1.82, 2.24) is 15.6 Å². The second-order valence-corrected chi connectivity index (χ2v) is 5.02. The quantitative estimate of drug-likeness (QED) is 0.812. The van der Waals surface area contributed by atoms with Gasteiger partial charge < -0.3 is 15.1 Å². The lowest BCUT2D eigenvalue weighted by Crippen LogP contribution is -2.28. The normalized spacial score (nSPS) is 19.4. The summed E-state index contributed by atoms with van der Waals surface area (Å²) in [7, 11) is 1.97. The van der Waals surface area contributed by atoms with E-state index in [1.807, 2.05) is 13.3 Å². The number of hydrogen-bond donors (Lipinski definition) is 2. The summed E-state index contributed by atoms with van der Waals surface area (Å²) in [6.45, 7) is 4.42. The van der Waals surface area contributed by atoms with Crippen LogP contribution in [0.25, 0.3) is 0 Å². The zero-order chi connectivity index (χ0) is 12.1. The van der Waals surface area contributed by atoms with E-state index in [9.17, 15) is 0 Å². The van der Waals surface area contributed by atoms with Crippen molar-refractivity contribution in [3.8, 4) is 0 Å². The molecule has 0 amide bonds. The molecule has 0 aromatic carbocycles. The molecule has 1 atom stereocenters. The van der Waals surface area contributed by atoms with Crippen molar-refractivity contribution in [2.75, 3.05) is 20.1 Å². The van der Waals surface area contributed by atoms with Crippen LogP contribution in [0.1, 0.15) is 31.4 Å². The summed E-state index contributed by atoms with van der Waals surface area (Å²) in [6, 6.07) is 0.451. The zero-order valence-electron chi connectivity index (χ0n) is 10.8. The predicted octanol–water partition coefficient (Wildman–Crippen LogP) is 1.37. The molecule has 0 aliphatic carbocycles. The van der Waals surface area contributed by atoms with Crippen molar-refractivity contribution in [2.45, 2.75) is 38.6 Å². The van der Waals surface area contributed by atoms with Gasteiger partial charge in [0, 0.05) is 18.9 Å². The van der Waals surface area contributed by atoms with Crippen LogP contribution in [0.2, 0.25) is 0 Å². The van der Waals surface area contributed by atoms with Gasteiger partial charge in [-0.2, -0.15) is 0 Å². The molecule has 17 heavy (non-hydrogen) atoms. The maximum Gasteiger partial charge on any atom is 0.194 e. The van der Waals surface area contributed by atoms with Gasteiger partial charge in [-0.3, -0.25) is 0 Å². The third-order valence-corrected chi connectivity index (χ3v) is 3.53. The summed E-state index contributed by atoms with van der Waals surface area (Å²) in [5.41, 5.74) is 1.07. The monoisotopic (exact) mass is 237 g/mol. The second-order valence-electron chi connectivity index (χ2n) is 5.02. The third kappa shape index (κ3) is 3.82. The average Bonchev–Trinajstić information content (AvgIpc) is 2.77. The number of piperidine rings is 1. The Kier molecular flexibility index (Phi) is 4.57. The first-order chi connectivity index (χ1) is 8.28. The van der Waals surface area contributed by atoms with E-state index in [1.165, 1.54) is 12.8 Å². The summed E-state index contributed by atoms with van der Waals surface area (Å²) in [6.07, 6.45) is 6.22. The van der Waals surface area contributed by atoms with E-state index in [4.69, 9.17) is 4.42 Å². The molecule has 1 aliphatic heterocycles. The highest BCUT2D eigenvalue weighted by Crippen LogP contribution is 2.17. The molecule has 2 N–H and O–H groups in total. The highest BCUT2D eigenvalue weighted by atomic mass is 16.3.